The van der Waals surface area contributed by atoms with Gasteiger partial charge in [-0.1, -0.05) is 44.7 Å². The summed E-state index contributed by atoms with van der Waals surface area (Å²) in [4.78, 5) is 22.6. The summed E-state index contributed by atoms with van der Waals surface area (Å²) >= 11 is 6.56. The van der Waals surface area contributed by atoms with E-state index in [9.17, 15) is 9.59 Å². The second-order valence-corrected chi connectivity index (χ2v) is 6.03. The molecule has 0 aliphatic heterocycles. The third-order valence-electron chi connectivity index (χ3n) is 2.59. The van der Waals surface area contributed by atoms with Gasteiger partial charge in [0.25, 0.3) is 0 Å². The molecule has 0 saturated carbocycles. The smallest absolute Gasteiger partial charge is 0.305 e. The van der Waals surface area contributed by atoms with Crippen molar-refractivity contribution in [2.24, 2.45) is 0 Å². The van der Waals surface area contributed by atoms with Crippen molar-refractivity contribution in [3.8, 4) is 0 Å². The first-order valence-electron chi connectivity index (χ1n) is 7.14. The molecule has 0 atom stereocenters. The standard InChI is InChI=1S/C14H24Br2O4/c15-9-5-11-19-13(17)7-3-1-2-4-8-14(18)20-12-6-10-16/h1-12H2. The van der Waals surface area contributed by atoms with E-state index in [0.717, 1.165) is 49.2 Å². The highest BCUT2D eigenvalue weighted by Gasteiger charge is 2.04. The van der Waals surface area contributed by atoms with Gasteiger partial charge in [0.2, 0.25) is 0 Å². The summed E-state index contributed by atoms with van der Waals surface area (Å²) in [6.45, 7) is 0.981. The van der Waals surface area contributed by atoms with Gasteiger partial charge in [-0.3, -0.25) is 9.59 Å². The Hall–Kier alpha value is -0.100. The summed E-state index contributed by atoms with van der Waals surface area (Å²) in [5.41, 5.74) is 0. The molecule has 0 unspecified atom stereocenters. The second kappa shape index (κ2) is 15.3. The van der Waals surface area contributed by atoms with Crippen LogP contribution in [-0.4, -0.2) is 35.8 Å². The largest absolute Gasteiger partial charge is 0.466 e. The number of unbranched alkanes of at least 4 members (excludes halogenated alkanes) is 3. The predicted molar refractivity (Wildman–Crippen MR) is 86.4 cm³/mol. The van der Waals surface area contributed by atoms with Crippen LogP contribution in [0.25, 0.3) is 0 Å². The van der Waals surface area contributed by atoms with Crippen molar-refractivity contribution in [3.63, 3.8) is 0 Å². The fourth-order valence-electron chi connectivity index (χ4n) is 1.52. The molecule has 0 aliphatic carbocycles. The van der Waals surface area contributed by atoms with Crippen LogP contribution in [0.4, 0.5) is 0 Å². The van der Waals surface area contributed by atoms with Gasteiger partial charge in [-0.2, -0.15) is 0 Å². The Morgan fingerprint density at radius 1 is 0.650 bits per heavy atom. The highest BCUT2D eigenvalue weighted by molar-refractivity contribution is 9.09. The van der Waals surface area contributed by atoms with E-state index >= 15 is 0 Å². The lowest BCUT2D eigenvalue weighted by atomic mass is 10.1. The molecule has 0 aromatic rings. The van der Waals surface area contributed by atoms with Crippen LogP contribution in [0.3, 0.4) is 0 Å². The number of carbonyl (C=O) groups is 2. The molecule has 0 spiro atoms. The van der Waals surface area contributed by atoms with E-state index in [1.165, 1.54) is 0 Å². The number of carbonyl (C=O) groups excluding carboxylic acids is 2. The molecule has 20 heavy (non-hydrogen) atoms. The molecule has 0 fully saturated rings. The van der Waals surface area contributed by atoms with Gasteiger partial charge in [0.15, 0.2) is 0 Å². The molecule has 0 heterocycles. The Kier molecular flexibility index (Phi) is 15.2. The van der Waals surface area contributed by atoms with Gasteiger partial charge in [0.1, 0.15) is 0 Å². The van der Waals surface area contributed by atoms with Crippen molar-refractivity contribution in [2.75, 3.05) is 23.9 Å². The third-order valence-corrected chi connectivity index (χ3v) is 3.72. The molecule has 0 aliphatic rings. The van der Waals surface area contributed by atoms with Crippen LogP contribution in [0, 0.1) is 0 Å². The molecule has 6 heteroatoms. The number of ether oxygens (including phenoxy) is 2. The van der Waals surface area contributed by atoms with Gasteiger partial charge in [0, 0.05) is 23.5 Å². The zero-order valence-electron chi connectivity index (χ0n) is 11.9. The van der Waals surface area contributed by atoms with Gasteiger partial charge in [-0.15, -0.1) is 0 Å². The molecular weight excluding hydrogens is 392 g/mol. The Morgan fingerprint density at radius 2 is 1.05 bits per heavy atom. The number of halogens is 2. The van der Waals surface area contributed by atoms with E-state index in [4.69, 9.17) is 9.47 Å². The van der Waals surface area contributed by atoms with Crippen LogP contribution in [0.5, 0.6) is 0 Å². The maximum Gasteiger partial charge on any atom is 0.305 e. The van der Waals surface area contributed by atoms with Crippen molar-refractivity contribution in [1.29, 1.82) is 0 Å². The lowest BCUT2D eigenvalue weighted by Gasteiger charge is -2.04. The van der Waals surface area contributed by atoms with Gasteiger partial charge < -0.3 is 9.47 Å². The first-order chi connectivity index (χ1) is 9.70. The molecule has 0 rings (SSSR count). The lowest BCUT2D eigenvalue weighted by Crippen LogP contribution is -2.06. The van der Waals surface area contributed by atoms with Gasteiger partial charge >= 0.3 is 11.9 Å². The van der Waals surface area contributed by atoms with Crippen LogP contribution < -0.4 is 0 Å². The van der Waals surface area contributed by atoms with Gasteiger partial charge in [-0.25, -0.2) is 0 Å². The van der Waals surface area contributed by atoms with Gasteiger partial charge in [-0.05, 0) is 25.7 Å². The van der Waals surface area contributed by atoms with Crippen LogP contribution in [0.15, 0.2) is 0 Å². The van der Waals surface area contributed by atoms with Crippen LogP contribution in [0.1, 0.15) is 51.4 Å². The Morgan fingerprint density at radius 3 is 1.40 bits per heavy atom. The molecule has 0 aromatic carbocycles. The van der Waals surface area contributed by atoms with E-state index < -0.39 is 0 Å². The first kappa shape index (κ1) is 19.9. The second-order valence-electron chi connectivity index (χ2n) is 4.44. The Bertz CT molecular complexity index is 234. The fourth-order valence-corrected chi connectivity index (χ4v) is 1.98. The molecule has 118 valence electrons. The molecule has 0 bridgehead atoms. The Labute approximate surface area is 138 Å². The number of esters is 2. The van der Waals surface area contributed by atoms with Crippen molar-refractivity contribution in [3.05, 3.63) is 0 Å². The maximum absolute atomic E-state index is 11.3. The average Bonchev–Trinajstić information content (AvgIpc) is 2.43. The van der Waals surface area contributed by atoms with Crippen LogP contribution >= 0.6 is 31.9 Å². The summed E-state index contributed by atoms with van der Waals surface area (Å²) < 4.78 is 10.1. The first-order valence-corrected chi connectivity index (χ1v) is 9.38. The lowest BCUT2D eigenvalue weighted by molar-refractivity contribution is -0.144. The number of alkyl halides is 2. The Balaban J connectivity index is 3.27. The molecule has 0 radical (unpaired) electrons. The van der Waals surface area contributed by atoms with E-state index in [0.29, 0.717) is 26.1 Å². The zero-order valence-corrected chi connectivity index (χ0v) is 15.0. The quantitative estimate of drug-likeness (QED) is 0.259. The van der Waals surface area contributed by atoms with Crippen molar-refractivity contribution in [1.82, 2.24) is 0 Å². The minimum absolute atomic E-state index is 0.125. The predicted octanol–water partition coefficient (Wildman–Crippen LogP) is 3.98. The normalized spacial score (nSPS) is 10.3. The average molecular weight is 416 g/mol. The molecule has 0 saturated heterocycles. The summed E-state index contributed by atoms with van der Waals surface area (Å²) in [5, 5.41) is 1.71. The molecular formula is C14H24Br2O4. The number of hydrogen-bond acceptors (Lipinski definition) is 4. The summed E-state index contributed by atoms with van der Waals surface area (Å²) in [6.07, 6.45) is 6.18. The number of rotatable bonds is 13. The van der Waals surface area contributed by atoms with Crippen molar-refractivity contribution >= 4 is 43.8 Å². The third kappa shape index (κ3) is 14.3. The van der Waals surface area contributed by atoms with Gasteiger partial charge in [0.05, 0.1) is 13.2 Å². The molecule has 0 aromatic heterocycles. The van der Waals surface area contributed by atoms with E-state index in [1.54, 1.807) is 0 Å². The van der Waals surface area contributed by atoms with Crippen LogP contribution in [0.2, 0.25) is 0 Å². The summed E-state index contributed by atoms with van der Waals surface area (Å²) in [6, 6.07) is 0. The fraction of sp³-hybridized carbons (Fsp3) is 0.857. The van der Waals surface area contributed by atoms with E-state index in [1.807, 2.05) is 0 Å². The maximum atomic E-state index is 11.3. The highest BCUT2D eigenvalue weighted by atomic mass is 79.9. The van der Waals surface area contributed by atoms with Crippen molar-refractivity contribution < 1.29 is 19.1 Å². The molecule has 4 nitrogen and oxygen atoms in total. The molecule has 0 amide bonds. The summed E-state index contributed by atoms with van der Waals surface area (Å²) in [5.74, 6) is -0.250. The topological polar surface area (TPSA) is 52.6 Å². The van der Waals surface area contributed by atoms with Crippen LogP contribution in [-0.2, 0) is 19.1 Å². The zero-order chi connectivity index (χ0) is 15.1. The monoisotopic (exact) mass is 414 g/mol. The highest BCUT2D eigenvalue weighted by Crippen LogP contribution is 2.07. The van der Waals surface area contributed by atoms with E-state index in [2.05, 4.69) is 31.9 Å². The van der Waals surface area contributed by atoms with Crippen molar-refractivity contribution in [2.45, 2.75) is 51.4 Å². The minimum atomic E-state index is -0.125. The summed E-state index contributed by atoms with van der Waals surface area (Å²) in [7, 11) is 0. The minimum Gasteiger partial charge on any atom is -0.466 e. The van der Waals surface area contributed by atoms with E-state index in [-0.39, 0.29) is 11.9 Å². The number of hydrogen-bond donors (Lipinski definition) is 0. The SMILES string of the molecule is O=C(CCCCCCC(=O)OCCCBr)OCCCBr. The molecule has 0 N–H and O–H groups in total.